The van der Waals surface area contributed by atoms with Crippen LogP contribution in [0.25, 0.3) is 0 Å². The summed E-state index contributed by atoms with van der Waals surface area (Å²) in [5, 5.41) is 2.86. The molecule has 0 aliphatic rings. The minimum Gasteiger partial charge on any atom is -0.497 e. The number of hydrogen-bond acceptors (Lipinski definition) is 6. The first-order chi connectivity index (χ1) is 15.6. The molecule has 1 N–H and O–H groups in total. The van der Waals surface area contributed by atoms with Gasteiger partial charge in [-0.1, -0.05) is 26.0 Å². The van der Waals surface area contributed by atoms with Crippen molar-refractivity contribution in [2.45, 2.75) is 45.2 Å². The maximum atomic E-state index is 13.0. The van der Waals surface area contributed by atoms with Gasteiger partial charge in [0.1, 0.15) is 11.5 Å². The van der Waals surface area contributed by atoms with Gasteiger partial charge in [-0.3, -0.25) is 9.69 Å². The second-order valence-corrected chi connectivity index (χ2v) is 9.73. The van der Waals surface area contributed by atoms with Gasteiger partial charge in [0.2, 0.25) is 15.9 Å². The number of rotatable bonds is 11. The van der Waals surface area contributed by atoms with Crippen LogP contribution in [0.2, 0.25) is 0 Å². The van der Waals surface area contributed by atoms with E-state index in [1.165, 1.54) is 10.4 Å². The minimum absolute atomic E-state index is 0.202. The number of amides is 1. The lowest BCUT2D eigenvalue weighted by Crippen LogP contribution is -2.39. The van der Waals surface area contributed by atoms with Crippen molar-refractivity contribution in [1.82, 2.24) is 9.21 Å². The second-order valence-electron chi connectivity index (χ2n) is 7.83. The number of aryl methyl sites for hydroxylation is 1. The van der Waals surface area contributed by atoms with Crippen molar-refractivity contribution in [2.75, 3.05) is 39.7 Å². The highest BCUT2D eigenvalue weighted by molar-refractivity contribution is 7.89. The Hall–Kier alpha value is -2.62. The highest BCUT2D eigenvalue weighted by Gasteiger charge is 2.25. The number of nitrogens with one attached hydrogen (secondary N) is 1. The van der Waals surface area contributed by atoms with E-state index in [2.05, 4.69) is 5.32 Å². The molecule has 9 heteroatoms. The monoisotopic (exact) mass is 477 g/mol. The molecule has 0 fully saturated rings. The van der Waals surface area contributed by atoms with Crippen LogP contribution < -0.4 is 14.8 Å². The third-order valence-corrected chi connectivity index (χ3v) is 7.93. The molecule has 2 rings (SSSR count). The van der Waals surface area contributed by atoms with Gasteiger partial charge < -0.3 is 14.8 Å². The average Bonchev–Trinajstić information content (AvgIpc) is 2.80. The van der Waals surface area contributed by atoms with E-state index in [0.29, 0.717) is 42.4 Å². The third kappa shape index (κ3) is 6.25. The molecule has 0 aliphatic heterocycles. The number of carbonyl (C=O) groups excluding carboxylic acids is 1. The Bertz CT molecular complexity index is 1070. The molecule has 0 radical (unpaired) electrons. The van der Waals surface area contributed by atoms with Gasteiger partial charge in [0, 0.05) is 37.0 Å². The largest absolute Gasteiger partial charge is 0.497 e. The molecule has 0 saturated carbocycles. The Morgan fingerprint density at radius 1 is 1.06 bits per heavy atom. The summed E-state index contributed by atoms with van der Waals surface area (Å²) < 4.78 is 38.1. The van der Waals surface area contributed by atoms with Gasteiger partial charge in [0.15, 0.2) is 0 Å². The Morgan fingerprint density at radius 3 is 2.30 bits per heavy atom. The molecule has 0 saturated heterocycles. The molecule has 0 aliphatic carbocycles. The number of sulfonamides is 1. The molecule has 1 unspecified atom stereocenters. The van der Waals surface area contributed by atoms with E-state index in [-0.39, 0.29) is 10.8 Å². The Morgan fingerprint density at radius 2 is 1.73 bits per heavy atom. The van der Waals surface area contributed by atoms with Crippen LogP contribution in [0.5, 0.6) is 11.5 Å². The summed E-state index contributed by atoms with van der Waals surface area (Å²) in [5.41, 5.74) is 2.00. The lowest BCUT2D eigenvalue weighted by Gasteiger charge is -2.25. The number of anilines is 1. The molecule has 0 bridgehead atoms. The van der Waals surface area contributed by atoms with Gasteiger partial charge in [-0.25, -0.2) is 8.42 Å². The summed E-state index contributed by atoms with van der Waals surface area (Å²) >= 11 is 0. The molecule has 182 valence electrons. The van der Waals surface area contributed by atoms with Gasteiger partial charge in [0.25, 0.3) is 0 Å². The lowest BCUT2D eigenvalue weighted by molar-refractivity contribution is -0.120. The van der Waals surface area contributed by atoms with Crippen LogP contribution in [0.15, 0.2) is 41.3 Å². The fourth-order valence-electron chi connectivity index (χ4n) is 3.49. The molecule has 0 spiro atoms. The van der Waals surface area contributed by atoms with E-state index < -0.39 is 16.1 Å². The summed E-state index contributed by atoms with van der Waals surface area (Å²) in [6.45, 7) is 8.40. The number of likely N-dealkylation sites (N-methyl/N-ethyl adjacent to an activating group) is 1. The zero-order valence-corrected chi connectivity index (χ0v) is 21.3. The topological polar surface area (TPSA) is 88.2 Å². The van der Waals surface area contributed by atoms with Crippen LogP contribution in [-0.4, -0.2) is 63.9 Å². The third-order valence-electron chi connectivity index (χ3n) is 5.73. The molecule has 1 amide bonds. The van der Waals surface area contributed by atoms with Gasteiger partial charge in [-0.15, -0.1) is 0 Å². The SMILES string of the molecule is CCN(CC)S(=O)(=O)c1cc(NC(=O)C(C)N(C)Cc2ccc(OC)cc2OC)ccc1C. The summed E-state index contributed by atoms with van der Waals surface area (Å²) in [4.78, 5) is 15.0. The molecular formula is C24H35N3O5S. The van der Waals surface area contributed by atoms with E-state index in [1.807, 2.05) is 24.1 Å². The zero-order valence-electron chi connectivity index (χ0n) is 20.5. The zero-order chi connectivity index (χ0) is 24.8. The number of ether oxygens (including phenoxy) is 2. The van der Waals surface area contributed by atoms with Crippen molar-refractivity contribution in [3.05, 3.63) is 47.5 Å². The van der Waals surface area contributed by atoms with Crippen molar-refractivity contribution in [1.29, 1.82) is 0 Å². The Balaban J connectivity index is 2.18. The Kier molecular flexibility index (Phi) is 9.27. The summed E-state index contributed by atoms with van der Waals surface area (Å²) in [7, 11) is 1.40. The minimum atomic E-state index is -3.63. The molecule has 2 aromatic carbocycles. The number of nitrogens with zero attached hydrogens (tertiary/aromatic N) is 2. The van der Waals surface area contributed by atoms with Crippen LogP contribution >= 0.6 is 0 Å². The van der Waals surface area contributed by atoms with Gasteiger partial charge in [-0.2, -0.15) is 4.31 Å². The first-order valence-corrected chi connectivity index (χ1v) is 12.4. The van der Waals surface area contributed by atoms with Crippen LogP contribution in [0.4, 0.5) is 5.69 Å². The van der Waals surface area contributed by atoms with Crippen molar-refractivity contribution in [3.63, 3.8) is 0 Å². The first kappa shape index (κ1) is 26.6. The normalized spacial score (nSPS) is 12.6. The highest BCUT2D eigenvalue weighted by Crippen LogP contribution is 2.27. The first-order valence-electron chi connectivity index (χ1n) is 10.9. The quantitative estimate of drug-likeness (QED) is 0.533. The van der Waals surface area contributed by atoms with Gasteiger partial charge in [-0.05, 0) is 44.7 Å². The molecule has 33 heavy (non-hydrogen) atoms. The maximum absolute atomic E-state index is 13.0. The van der Waals surface area contributed by atoms with Gasteiger partial charge >= 0.3 is 0 Å². The number of benzene rings is 2. The van der Waals surface area contributed by atoms with Crippen molar-refractivity contribution in [2.24, 2.45) is 0 Å². The smallest absolute Gasteiger partial charge is 0.243 e. The molecular weight excluding hydrogens is 442 g/mol. The van der Waals surface area contributed by atoms with Crippen LogP contribution in [-0.2, 0) is 21.4 Å². The standard InChI is InChI=1S/C24H35N3O5S/c1-8-27(9-2)33(29,30)23-14-20(12-10-17(23)3)25-24(28)18(4)26(5)16-19-11-13-21(31-6)15-22(19)32-7/h10-15,18H,8-9,16H2,1-7H3,(H,25,28). The number of methoxy groups -OCH3 is 2. The van der Waals surface area contributed by atoms with Crippen LogP contribution in [0.3, 0.4) is 0 Å². The van der Waals surface area contributed by atoms with Crippen LogP contribution in [0, 0.1) is 6.92 Å². The van der Waals surface area contributed by atoms with Crippen molar-refractivity contribution < 1.29 is 22.7 Å². The van der Waals surface area contributed by atoms with Crippen LogP contribution in [0.1, 0.15) is 31.9 Å². The second kappa shape index (κ2) is 11.5. The van der Waals surface area contributed by atoms with Crippen molar-refractivity contribution in [3.8, 4) is 11.5 Å². The fraction of sp³-hybridized carbons (Fsp3) is 0.458. The van der Waals surface area contributed by atoms with E-state index in [4.69, 9.17) is 9.47 Å². The molecule has 8 nitrogen and oxygen atoms in total. The lowest BCUT2D eigenvalue weighted by atomic mass is 10.1. The van der Waals surface area contributed by atoms with E-state index in [9.17, 15) is 13.2 Å². The van der Waals surface area contributed by atoms with Gasteiger partial charge in [0.05, 0.1) is 25.2 Å². The van der Waals surface area contributed by atoms with E-state index >= 15 is 0 Å². The molecule has 2 aromatic rings. The van der Waals surface area contributed by atoms with Crippen molar-refractivity contribution >= 4 is 21.6 Å². The summed E-state index contributed by atoms with van der Waals surface area (Å²) in [5.74, 6) is 1.14. The van der Waals surface area contributed by atoms with E-state index in [0.717, 1.165) is 5.56 Å². The number of hydrogen-bond donors (Lipinski definition) is 1. The summed E-state index contributed by atoms with van der Waals surface area (Å²) in [6.07, 6.45) is 0. The molecule has 1 atom stereocenters. The molecule has 0 aromatic heterocycles. The predicted molar refractivity (Wildman–Crippen MR) is 130 cm³/mol. The predicted octanol–water partition coefficient (Wildman–Crippen LogP) is 3.50. The number of carbonyl (C=O) groups is 1. The Labute approximate surface area is 197 Å². The highest BCUT2D eigenvalue weighted by atomic mass is 32.2. The molecule has 0 heterocycles. The maximum Gasteiger partial charge on any atom is 0.243 e. The summed E-state index contributed by atoms with van der Waals surface area (Å²) in [6, 6.07) is 10.0. The van der Waals surface area contributed by atoms with E-state index in [1.54, 1.807) is 60.1 Å². The fourth-order valence-corrected chi connectivity index (χ4v) is 5.20. The average molecular weight is 478 g/mol.